The van der Waals surface area contributed by atoms with Crippen molar-refractivity contribution in [3.63, 3.8) is 0 Å². The molecular weight excluding hydrogens is 259 g/mol. The van der Waals surface area contributed by atoms with Gasteiger partial charge in [0.2, 0.25) is 0 Å². The van der Waals surface area contributed by atoms with Crippen LogP contribution in [0.3, 0.4) is 0 Å². The quantitative estimate of drug-likeness (QED) is 0.787. The van der Waals surface area contributed by atoms with E-state index in [0.29, 0.717) is 25.0 Å². The molecule has 0 radical (unpaired) electrons. The van der Waals surface area contributed by atoms with Crippen LogP contribution in [0.25, 0.3) is 0 Å². The van der Waals surface area contributed by atoms with E-state index in [-0.39, 0.29) is 5.41 Å². The van der Waals surface area contributed by atoms with Crippen molar-refractivity contribution in [3.05, 3.63) is 35.9 Å². The maximum absolute atomic E-state index is 5.93. The van der Waals surface area contributed by atoms with Crippen molar-refractivity contribution in [2.45, 2.75) is 12.7 Å². The van der Waals surface area contributed by atoms with Crippen LogP contribution in [-0.4, -0.2) is 25.0 Å². The van der Waals surface area contributed by atoms with Crippen LogP contribution in [0.1, 0.15) is 12.5 Å². The van der Waals surface area contributed by atoms with Gasteiger partial charge in [-0.05, 0) is 6.92 Å². The average molecular weight is 275 g/mol. The fraction of sp³-hybridized carbons (Fsp3) is 0.538. The molecule has 0 amide bonds. The molecule has 94 valence electrons. The summed E-state index contributed by atoms with van der Waals surface area (Å²) in [5, 5.41) is 0. The lowest BCUT2D eigenvalue weighted by atomic mass is 9.93. The van der Waals surface area contributed by atoms with Gasteiger partial charge in [-0.25, -0.2) is 0 Å². The highest BCUT2D eigenvalue weighted by Crippen LogP contribution is 2.37. The van der Waals surface area contributed by atoms with Gasteiger partial charge in [-0.1, -0.05) is 30.3 Å². The van der Waals surface area contributed by atoms with Gasteiger partial charge >= 0.3 is 0 Å². The topological polar surface area (TPSA) is 18.5 Å². The number of benzene rings is 1. The largest absolute Gasteiger partial charge is 0.345 e. The van der Waals surface area contributed by atoms with Crippen molar-refractivity contribution >= 4 is 23.2 Å². The first-order valence-electron chi connectivity index (χ1n) is 5.60. The number of halogens is 2. The third kappa shape index (κ3) is 2.60. The van der Waals surface area contributed by atoms with Crippen LogP contribution >= 0.6 is 23.2 Å². The van der Waals surface area contributed by atoms with E-state index < -0.39 is 5.79 Å². The molecule has 1 saturated heterocycles. The summed E-state index contributed by atoms with van der Waals surface area (Å²) in [5.41, 5.74) is 0.745. The monoisotopic (exact) mass is 274 g/mol. The van der Waals surface area contributed by atoms with Crippen molar-refractivity contribution in [2.24, 2.45) is 5.41 Å². The van der Waals surface area contributed by atoms with Crippen molar-refractivity contribution in [1.29, 1.82) is 0 Å². The number of rotatable bonds is 3. The molecule has 2 rings (SSSR count). The Labute approximate surface area is 112 Å². The molecule has 1 aliphatic rings. The molecule has 0 saturated carbocycles. The van der Waals surface area contributed by atoms with Gasteiger partial charge in [0.1, 0.15) is 0 Å². The van der Waals surface area contributed by atoms with E-state index in [9.17, 15) is 0 Å². The van der Waals surface area contributed by atoms with Gasteiger partial charge in [-0.2, -0.15) is 0 Å². The van der Waals surface area contributed by atoms with E-state index in [4.69, 9.17) is 32.7 Å². The summed E-state index contributed by atoms with van der Waals surface area (Å²) >= 11 is 11.9. The van der Waals surface area contributed by atoms with Crippen LogP contribution in [0.2, 0.25) is 0 Å². The molecule has 0 N–H and O–H groups in total. The average Bonchev–Trinajstić information content (AvgIpc) is 2.41. The first kappa shape index (κ1) is 13.2. The first-order valence-corrected chi connectivity index (χ1v) is 6.66. The molecule has 1 fully saturated rings. The fourth-order valence-electron chi connectivity index (χ4n) is 1.76. The minimum absolute atomic E-state index is 0.266. The molecule has 1 heterocycles. The van der Waals surface area contributed by atoms with E-state index >= 15 is 0 Å². The summed E-state index contributed by atoms with van der Waals surface area (Å²) in [4.78, 5) is 0. The maximum Gasteiger partial charge on any atom is 0.191 e. The summed E-state index contributed by atoms with van der Waals surface area (Å²) in [6, 6.07) is 9.90. The van der Waals surface area contributed by atoms with E-state index in [1.165, 1.54) is 0 Å². The Bertz CT molecular complexity index is 353. The Morgan fingerprint density at radius 1 is 1.06 bits per heavy atom. The predicted octanol–water partition coefficient (Wildman–Crippen LogP) is 3.37. The van der Waals surface area contributed by atoms with Crippen LogP contribution in [0.5, 0.6) is 0 Å². The normalized spacial score (nSPS) is 22.3. The zero-order valence-corrected chi connectivity index (χ0v) is 11.3. The van der Waals surface area contributed by atoms with Crippen LogP contribution in [-0.2, 0) is 15.3 Å². The van der Waals surface area contributed by atoms with Crippen molar-refractivity contribution in [2.75, 3.05) is 25.0 Å². The lowest BCUT2D eigenvalue weighted by Crippen LogP contribution is -2.48. The molecule has 1 aromatic rings. The summed E-state index contributed by atoms with van der Waals surface area (Å²) in [5.74, 6) is 0.200. The number of ether oxygens (including phenoxy) is 2. The molecule has 0 atom stereocenters. The minimum Gasteiger partial charge on any atom is -0.345 e. The van der Waals surface area contributed by atoms with Gasteiger partial charge < -0.3 is 9.47 Å². The van der Waals surface area contributed by atoms with Gasteiger partial charge in [0.15, 0.2) is 5.79 Å². The molecule has 1 aromatic carbocycles. The van der Waals surface area contributed by atoms with E-state index in [2.05, 4.69) is 0 Å². The van der Waals surface area contributed by atoms with Crippen LogP contribution < -0.4 is 0 Å². The highest BCUT2D eigenvalue weighted by atomic mass is 35.5. The number of hydrogen-bond donors (Lipinski definition) is 0. The molecule has 0 spiro atoms. The highest BCUT2D eigenvalue weighted by molar-refractivity contribution is 6.21. The van der Waals surface area contributed by atoms with Crippen LogP contribution in [0, 0.1) is 5.41 Å². The minimum atomic E-state index is -0.692. The van der Waals surface area contributed by atoms with Crippen LogP contribution in [0.4, 0.5) is 0 Å². The van der Waals surface area contributed by atoms with Gasteiger partial charge in [0.25, 0.3) is 0 Å². The van der Waals surface area contributed by atoms with E-state index in [1.807, 2.05) is 37.3 Å². The molecule has 1 aliphatic heterocycles. The summed E-state index contributed by atoms with van der Waals surface area (Å²) in [6.07, 6.45) is 0. The first-order chi connectivity index (χ1) is 8.14. The molecule has 17 heavy (non-hydrogen) atoms. The molecule has 2 nitrogen and oxygen atoms in total. The summed E-state index contributed by atoms with van der Waals surface area (Å²) in [7, 11) is 0. The Balaban J connectivity index is 2.12. The zero-order chi connectivity index (χ0) is 12.4. The third-order valence-electron chi connectivity index (χ3n) is 3.17. The van der Waals surface area contributed by atoms with Crippen molar-refractivity contribution < 1.29 is 9.47 Å². The number of alkyl halides is 2. The standard InChI is InChI=1S/C13H16Cl2O2/c1-12(11-5-3-2-4-6-11)16-9-13(7-14,8-15)10-17-12/h2-6H,7-10H2,1H3. The fourth-order valence-corrected chi connectivity index (χ4v) is 2.36. The molecular formula is C13H16Cl2O2. The molecule has 0 unspecified atom stereocenters. The predicted molar refractivity (Wildman–Crippen MR) is 69.6 cm³/mol. The second-order valence-corrected chi connectivity index (χ2v) is 5.19. The second-order valence-electron chi connectivity index (χ2n) is 4.66. The Morgan fingerprint density at radius 2 is 1.59 bits per heavy atom. The van der Waals surface area contributed by atoms with Gasteiger partial charge in [-0.3, -0.25) is 0 Å². The highest BCUT2D eigenvalue weighted by Gasteiger charge is 2.42. The SMILES string of the molecule is CC1(c2ccccc2)OCC(CCl)(CCl)CO1. The molecule has 0 aromatic heterocycles. The second kappa shape index (κ2) is 5.15. The maximum atomic E-state index is 5.93. The smallest absolute Gasteiger partial charge is 0.191 e. The lowest BCUT2D eigenvalue weighted by Gasteiger charge is -2.43. The summed E-state index contributed by atoms with van der Waals surface area (Å²) in [6.45, 7) is 2.96. The van der Waals surface area contributed by atoms with Gasteiger partial charge in [0.05, 0.1) is 13.2 Å². The Kier molecular flexibility index (Phi) is 3.99. The third-order valence-corrected chi connectivity index (χ3v) is 4.31. The van der Waals surface area contributed by atoms with E-state index in [0.717, 1.165) is 5.56 Å². The number of hydrogen-bond acceptors (Lipinski definition) is 2. The van der Waals surface area contributed by atoms with Crippen molar-refractivity contribution in [3.8, 4) is 0 Å². The van der Waals surface area contributed by atoms with Gasteiger partial charge in [0, 0.05) is 22.7 Å². The Morgan fingerprint density at radius 3 is 2.06 bits per heavy atom. The van der Waals surface area contributed by atoms with Crippen molar-refractivity contribution in [1.82, 2.24) is 0 Å². The molecule has 4 heteroatoms. The van der Waals surface area contributed by atoms with E-state index in [1.54, 1.807) is 0 Å². The van der Waals surface area contributed by atoms with Crippen LogP contribution in [0.15, 0.2) is 30.3 Å². The van der Waals surface area contributed by atoms with Gasteiger partial charge in [-0.15, -0.1) is 23.2 Å². The Hall–Kier alpha value is -0.280. The molecule has 0 bridgehead atoms. The summed E-state index contributed by atoms with van der Waals surface area (Å²) < 4.78 is 11.7. The zero-order valence-electron chi connectivity index (χ0n) is 9.79. The lowest BCUT2D eigenvalue weighted by molar-refractivity contribution is -0.296. The molecule has 0 aliphatic carbocycles.